The molecule has 0 atom stereocenters. The van der Waals surface area contributed by atoms with Crippen LogP contribution >= 0.6 is 0 Å². The summed E-state index contributed by atoms with van der Waals surface area (Å²) in [4.78, 5) is 13.9. The van der Waals surface area contributed by atoms with Crippen LogP contribution in [0, 0.1) is 5.92 Å². The quantitative estimate of drug-likeness (QED) is 0.742. The summed E-state index contributed by atoms with van der Waals surface area (Å²) < 4.78 is 24.1. The van der Waals surface area contributed by atoms with E-state index >= 15 is 0 Å². The molecule has 100 valence electrons. The summed E-state index contributed by atoms with van der Waals surface area (Å²) in [6.45, 7) is 5.90. The van der Waals surface area contributed by atoms with Gasteiger partial charge in [0.05, 0.1) is 6.26 Å². The molecule has 0 aromatic heterocycles. The Morgan fingerprint density at radius 2 is 1.59 bits per heavy atom. The maximum atomic E-state index is 12.1. The van der Waals surface area contributed by atoms with Crippen molar-refractivity contribution in [1.29, 1.82) is 0 Å². The van der Waals surface area contributed by atoms with Crippen LogP contribution in [-0.2, 0) is 14.8 Å². The lowest BCUT2D eigenvalue weighted by molar-refractivity contribution is -0.136. The van der Waals surface area contributed by atoms with Gasteiger partial charge in [-0.15, -0.1) is 0 Å². The van der Waals surface area contributed by atoms with E-state index in [9.17, 15) is 13.2 Å². The Morgan fingerprint density at radius 1 is 1.12 bits per heavy atom. The van der Waals surface area contributed by atoms with Crippen molar-refractivity contribution in [1.82, 2.24) is 9.21 Å². The number of rotatable bonds is 4. The number of nitrogens with zero attached hydrogens (tertiary/aromatic N) is 2. The van der Waals surface area contributed by atoms with Gasteiger partial charge in [-0.1, -0.05) is 13.8 Å². The maximum Gasteiger partial charge on any atom is 0.225 e. The summed E-state index contributed by atoms with van der Waals surface area (Å²) in [5.41, 5.74) is 0. The summed E-state index contributed by atoms with van der Waals surface area (Å²) in [5, 5.41) is 0. The van der Waals surface area contributed by atoms with Crippen LogP contribution in [0.2, 0.25) is 0 Å². The van der Waals surface area contributed by atoms with Gasteiger partial charge in [-0.05, 0) is 12.8 Å². The molecule has 0 aliphatic carbocycles. The second kappa shape index (κ2) is 5.82. The van der Waals surface area contributed by atoms with Gasteiger partial charge in [0.15, 0.2) is 0 Å². The highest BCUT2D eigenvalue weighted by Gasteiger charge is 2.28. The summed E-state index contributed by atoms with van der Waals surface area (Å²) >= 11 is 0. The van der Waals surface area contributed by atoms with E-state index in [4.69, 9.17) is 0 Å². The van der Waals surface area contributed by atoms with Crippen LogP contribution in [0.1, 0.15) is 26.7 Å². The summed E-state index contributed by atoms with van der Waals surface area (Å²) in [7, 11) is -3.11. The molecule has 0 spiro atoms. The molecule has 1 aliphatic rings. The Balaban J connectivity index is 2.55. The number of hydrogen-bond acceptors (Lipinski definition) is 3. The van der Waals surface area contributed by atoms with E-state index in [0.29, 0.717) is 26.2 Å². The zero-order valence-electron chi connectivity index (χ0n) is 10.8. The van der Waals surface area contributed by atoms with Crippen LogP contribution in [0.25, 0.3) is 0 Å². The summed E-state index contributed by atoms with van der Waals surface area (Å²) in [5.74, 6) is 0.253. The first-order chi connectivity index (χ1) is 7.90. The van der Waals surface area contributed by atoms with Gasteiger partial charge >= 0.3 is 0 Å². The minimum absolute atomic E-state index is 0.0831. The van der Waals surface area contributed by atoms with Gasteiger partial charge < -0.3 is 4.90 Å². The topological polar surface area (TPSA) is 57.7 Å². The molecule has 1 heterocycles. The zero-order valence-corrected chi connectivity index (χ0v) is 11.7. The molecule has 1 amide bonds. The van der Waals surface area contributed by atoms with Crippen molar-refractivity contribution >= 4 is 15.9 Å². The fourth-order valence-corrected chi connectivity index (χ4v) is 2.96. The van der Waals surface area contributed by atoms with Crippen LogP contribution in [0.5, 0.6) is 0 Å². The van der Waals surface area contributed by atoms with E-state index in [1.54, 1.807) is 4.90 Å². The van der Waals surface area contributed by atoms with E-state index in [1.807, 2.05) is 13.8 Å². The molecule has 17 heavy (non-hydrogen) atoms. The molecule has 0 unspecified atom stereocenters. The van der Waals surface area contributed by atoms with Crippen molar-refractivity contribution in [3.05, 3.63) is 0 Å². The van der Waals surface area contributed by atoms with Crippen molar-refractivity contribution in [2.24, 2.45) is 5.92 Å². The molecule has 0 N–H and O–H groups in total. The van der Waals surface area contributed by atoms with E-state index in [2.05, 4.69) is 0 Å². The molecule has 1 fully saturated rings. The SMILES string of the molecule is CCC(CC)C(=O)N1CCN(S(C)(=O)=O)CC1. The van der Waals surface area contributed by atoms with Crippen LogP contribution in [0.4, 0.5) is 0 Å². The molecule has 0 bridgehead atoms. The predicted octanol–water partition coefficient (Wildman–Crippen LogP) is 0.526. The first kappa shape index (κ1) is 14.4. The second-order valence-corrected chi connectivity index (χ2v) is 6.48. The van der Waals surface area contributed by atoms with Gasteiger partial charge in [0.2, 0.25) is 15.9 Å². The Morgan fingerprint density at radius 3 is 1.94 bits per heavy atom. The molecule has 1 rings (SSSR count). The number of hydrogen-bond donors (Lipinski definition) is 0. The molecule has 1 saturated heterocycles. The molecule has 0 radical (unpaired) electrons. The standard InChI is InChI=1S/C11H22N2O3S/c1-4-10(5-2)11(14)12-6-8-13(9-7-12)17(3,15)16/h10H,4-9H2,1-3H3. The number of carbonyl (C=O) groups excluding carboxylic acids is 1. The Kier molecular flexibility index (Phi) is 4.94. The highest BCUT2D eigenvalue weighted by Crippen LogP contribution is 2.14. The van der Waals surface area contributed by atoms with Crippen molar-refractivity contribution in [3.8, 4) is 0 Å². The van der Waals surface area contributed by atoms with Crippen molar-refractivity contribution in [2.45, 2.75) is 26.7 Å². The van der Waals surface area contributed by atoms with Gasteiger partial charge in [0.1, 0.15) is 0 Å². The average Bonchev–Trinajstić information content (AvgIpc) is 2.29. The lowest BCUT2D eigenvalue weighted by atomic mass is 10.0. The number of sulfonamides is 1. The minimum atomic E-state index is -3.11. The molecule has 0 saturated carbocycles. The highest BCUT2D eigenvalue weighted by molar-refractivity contribution is 7.88. The van der Waals surface area contributed by atoms with Gasteiger partial charge in [-0.3, -0.25) is 4.79 Å². The van der Waals surface area contributed by atoms with Gasteiger partial charge in [-0.25, -0.2) is 8.42 Å². The van der Waals surface area contributed by atoms with Crippen LogP contribution in [-0.4, -0.2) is 56.0 Å². The molecule has 0 aromatic carbocycles. The first-order valence-electron chi connectivity index (χ1n) is 6.14. The second-order valence-electron chi connectivity index (χ2n) is 4.50. The Labute approximate surface area is 104 Å². The van der Waals surface area contributed by atoms with E-state index in [0.717, 1.165) is 12.8 Å². The Hall–Kier alpha value is -0.620. The minimum Gasteiger partial charge on any atom is -0.340 e. The molecule has 1 aliphatic heterocycles. The van der Waals surface area contributed by atoms with Gasteiger partial charge in [0, 0.05) is 32.1 Å². The zero-order chi connectivity index (χ0) is 13.1. The van der Waals surface area contributed by atoms with Gasteiger partial charge in [-0.2, -0.15) is 4.31 Å². The summed E-state index contributed by atoms with van der Waals surface area (Å²) in [6.07, 6.45) is 2.91. The fourth-order valence-electron chi connectivity index (χ4n) is 2.14. The fraction of sp³-hybridized carbons (Fsp3) is 0.909. The Bertz CT molecular complexity index is 355. The highest BCUT2D eigenvalue weighted by atomic mass is 32.2. The largest absolute Gasteiger partial charge is 0.340 e. The summed E-state index contributed by atoms with van der Waals surface area (Å²) in [6, 6.07) is 0. The molecule has 6 heteroatoms. The molecule has 0 aromatic rings. The van der Waals surface area contributed by atoms with Crippen LogP contribution < -0.4 is 0 Å². The third-order valence-corrected chi connectivity index (χ3v) is 4.66. The molecular weight excluding hydrogens is 240 g/mol. The number of piperazine rings is 1. The van der Waals surface area contributed by atoms with Crippen LogP contribution in [0.15, 0.2) is 0 Å². The van der Waals surface area contributed by atoms with E-state index < -0.39 is 10.0 Å². The maximum absolute atomic E-state index is 12.1. The smallest absolute Gasteiger partial charge is 0.225 e. The van der Waals surface area contributed by atoms with Gasteiger partial charge in [0.25, 0.3) is 0 Å². The van der Waals surface area contributed by atoms with E-state index in [-0.39, 0.29) is 11.8 Å². The number of carbonyl (C=O) groups is 1. The van der Waals surface area contributed by atoms with Crippen molar-refractivity contribution < 1.29 is 13.2 Å². The van der Waals surface area contributed by atoms with Crippen molar-refractivity contribution in [3.63, 3.8) is 0 Å². The average molecular weight is 262 g/mol. The molecular formula is C11H22N2O3S. The first-order valence-corrected chi connectivity index (χ1v) is 7.98. The lowest BCUT2D eigenvalue weighted by Gasteiger charge is -2.35. The predicted molar refractivity (Wildman–Crippen MR) is 67.1 cm³/mol. The third-order valence-electron chi connectivity index (χ3n) is 3.35. The third kappa shape index (κ3) is 3.67. The molecule has 5 nitrogen and oxygen atoms in total. The van der Waals surface area contributed by atoms with Crippen LogP contribution in [0.3, 0.4) is 0 Å². The van der Waals surface area contributed by atoms with E-state index in [1.165, 1.54) is 10.6 Å². The normalized spacial score (nSPS) is 18.7. The lowest BCUT2D eigenvalue weighted by Crippen LogP contribution is -2.51. The number of amides is 1. The monoisotopic (exact) mass is 262 g/mol. The van der Waals surface area contributed by atoms with Crippen molar-refractivity contribution in [2.75, 3.05) is 32.4 Å².